The van der Waals surface area contributed by atoms with Crippen molar-refractivity contribution in [2.24, 2.45) is 0 Å². The number of carboxylic acid groups (broad SMARTS) is 1. The topological polar surface area (TPSA) is 77.5 Å². The molecule has 0 aliphatic heterocycles. The van der Waals surface area contributed by atoms with Crippen LogP contribution in [0.25, 0.3) is 0 Å². The predicted octanol–water partition coefficient (Wildman–Crippen LogP) is 0.164. The van der Waals surface area contributed by atoms with Crippen molar-refractivity contribution in [2.75, 3.05) is 17.1 Å². The van der Waals surface area contributed by atoms with Crippen LogP contribution in [0.3, 0.4) is 0 Å². The van der Waals surface area contributed by atoms with E-state index in [0.29, 0.717) is 5.02 Å². The van der Waals surface area contributed by atoms with Gasteiger partial charge in [-0.15, -0.1) is 0 Å². The summed E-state index contributed by atoms with van der Waals surface area (Å²) in [5.41, 5.74) is 0.976. The van der Waals surface area contributed by atoms with Crippen LogP contribution in [-0.2, 0) is 14.8 Å². The first kappa shape index (κ1) is 13.8. The third kappa shape index (κ3) is 3.61. The van der Waals surface area contributed by atoms with Gasteiger partial charge in [0.25, 0.3) is 0 Å². The van der Waals surface area contributed by atoms with E-state index in [0.717, 1.165) is 16.1 Å². The monoisotopic (exact) mass is 276 g/mol. The van der Waals surface area contributed by atoms with Crippen molar-refractivity contribution in [3.8, 4) is 0 Å². The third-order valence-electron chi connectivity index (χ3n) is 2.12. The molecule has 0 heterocycles. The lowest BCUT2D eigenvalue weighted by Gasteiger charge is -2.23. The second kappa shape index (κ2) is 4.93. The quantitative estimate of drug-likeness (QED) is 0.785. The number of halogens is 1. The number of nitrogens with zero attached hydrogens (tertiary/aromatic N) is 1. The summed E-state index contributed by atoms with van der Waals surface area (Å²) in [4.78, 5) is 10.5. The molecule has 0 atom stereocenters. The minimum Gasteiger partial charge on any atom is -0.548 e. The molecule has 0 saturated carbocycles. The number of benzene rings is 1. The number of carbonyl (C=O) groups is 1. The van der Waals surface area contributed by atoms with Crippen molar-refractivity contribution < 1.29 is 18.3 Å². The second-order valence-corrected chi connectivity index (χ2v) is 5.89. The molecule has 0 unspecified atom stereocenters. The van der Waals surface area contributed by atoms with Gasteiger partial charge in [-0.05, 0) is 24.6 Å². The average Bonchev–Trinajstić information content (AvgIpc) is 2.17. The van der Waals surface area contributed by atoms with E-state index in [1.165, 1.54) is 12.1 Å². The second-order valence-electron chi connectivity index (χ2n) is 3.58. The maximum absolute atomic E-state index is 11.5. The van der Waals surface area contributed by atoms with E-state index in [4.69, 9.17) is 11.6 Å². The highest BCUT2D eigenvalue weighted by atomic mass is 35.5. The van der Waals surface area contributed by atoms with Crippen molar-refractivity contribution in [1.29, 1.82) is 0 Å². The van der Waals surface area contributed by atoms with Gasteiger partial charge in [0, 0.05) is 5.02 Å². The molecule has 0 aromatic heterocycles. The van der Waals surface area contributed by atoms with Crippen molar-refractivity contribution in [1.82, 2.24) is 0 Å². The van der Waals surface area contributed by atoms with E-state index in [1.807, 2.05) is 0 Å². The Bertz CT molecular complexity index is 541. The Balaban J connectivity index is 3.22. The molecule has 1 aromatic carbocycles. The normalized spacial score (nSPS) is 11.2. The third-order valence-corrected chi connectivity index (χ3v) is 3.66. The highest BCUT2D eigenvalue weighted by Gasteiger charge is 2.18. The van der Waals surface area contributed by atoms with Crippen LogP contribution in [0.15, 0.2) is 18.2 Å². The molecule has 0 aliphatic carbocycles. The molecule has 0 aliphatic rings. The molecule has 0 N–H and O–H groups in total. The molecule has 0 radical (unpaired) electrons. The van der Waals surface area contributed by atoms with E-state index < -0.39 is 22.5 Å². The molecule has 0 bridgehead atoms. The highest BCUT2D eigenvalue weighted by molar-refractivity contribution is 7.92. The van der Waals surface area contributed by atoms with Crippen LogP contribution in [0, 0.1) is 6.92 Å². The number of sulfonamides is 1. The van der Waals surface area contributed by atoms with Crippen LogP contribution in [0.4, 0.5) is 5.69 Å². The number of anilines is 1. The number of aliphatic carboxylic acids is 1. The molecule has 0 spiro atoms. The Morgan fingerprint density at radius 3 is 2.47 bits per heavy atom. The molecule has 17 heavy (non-hydrogen) atoms. The van der Waals surface area contributed by atoms with Gasteiger partial charge in [-0.25, -0.2) is 8.42 Å². The molecule has 1 aromatic rings. The molecule has 0 saturated heterocycles. The Labute approximate surface area is 105 Å². The highest BCUT2D eigenvalue weighted by Crippen LogP contribution is 2.24. The SMILES string of the molecule is Cc1ccc(N(CC(=O)[O-])S(C)(=O)=O)cc1Cl. The van der Waals surface area contributed by atoms with Crippen molar-refractivity contribution >= 4 is 33.3 Å². The summed E-state index contributed by atoms with van der Waals surface area (Å²) >= 11 is 5.86. The summed E-state index contributed by atoms with van der Waals surface area (Å²) in [7, 11) is -3.69. The van der Waals surface area contributed by atoms with E-state index in [9.17, 15) is 18.3 Å². The Kier molecular flexibility index (Phi) is 4.00. The lowest BCUT2D eigenvalue weighted by atomic mass is 10.2. The molecule has 7 heteroatoms. The summed E-state index contributed by atoms with van der Waals surface area (Å²) in [5.74, 6) is -1.48. The van der Waals surface area contributed by atoms with E-state index in [-0.39, 0.29) is 5.69 Å². The molecular formula is C10H11ClNO4S-. The van der Waals surface area contributed by atoms with Crippen LogP contribution in [0.2, 0.25) is 5.02 Å². The minimum atomic E-state index is -3.69. The first-order chi connectivity index (χ1) is 7.71. The van der Waals surface area contributed by atoms with Gasteiger partial charge in [-0.3, -0.25) is 4.31 Å². The van der Waals surface area contributed by atoms with Crippen molar-refractivity contribution in [3.05, 3.63) is 28.8 Å². The number of carboxylic acids is 1. The van der Waals surface area contributed by atoms with Crippen LogP contribution in [-0.4, -0.2) is 27.2 Å². The first-order valence-electron chi connectivity index (χ1n) is 4.65. The molecule has 1 rings (SSSR count). The van der Waals surface area contributed by atoms with Crippen molar-refractivity contribution in [2.45, 2.75) is 6.92 Å². The summed E-state index contributed by atoms with van der Waals surface area (Å²) in [6.45, 7) is 1.02. The zero-order valence-corrected chi connectivity index (χ0v) is 10.9. The lowest BCUT2D eigenvalue weighted by molar-refractivity contribution is -0.303. The van der Waals surface area contributed by atoms with Crippen LogP contribution in [0.5, 0.6) is 0 Å². The molecule has 0 amide bonds. The number of carbonyl (C=O) groups excluding carboxylic acids is 1. The number of rotatable bonds is 4. The minimum absolute atomic E-state index is 0.201. The number of hydrogen-bond acceptors (Lipinski definition) is 4. The van der Waals surface area contributed by atoms with Gasteiger partial charge < -0.3 is 9.90 Å². The van der Waals surface area contributed by atoms with Crippen molar-refractivity contribution in [3.63, 3.8) is 0 Å². The zero-order valence-electron chi connectivity index (χ0n) is 9.31. The number of aryl methyl sites for hydroxylation is 1. The molecule has 94 valence electrons. The Hall–Kier alpha value is -1.27. The lowest BCUT2D eigenvalue weighted by Crippen LogP contribution is -2.41. The summed E-state index contributed by atoms with van der Waals surface area (Å²) in [6.07, 6.45) is 0.920. The maximum Gasteiger partial charge on any atom is 0.232 e. The van der Waals surface area contributed by atoms with Crippen LogP contribution < -0.4 is 9.41 Å². The number of hydrogen-bond donors (Lipinski definition) is 0. The Morgan fingerprint density at radius 2 is 2.06 bits per heavy atom. The van der Waals surface area contributed by atoms with Gasteiger partial charge in [0.05, 0.1) is 24.5 Å². The largest absolute Gasteiger partial charge is 0.548 e. The zero-order chi connectivity index (χ0) is 13.2. The molecule has 0 fully saturated rings. The van der Waals surface area contributed by atoms with E-state index in [1.54, 1.807) is 13.0 Å². The molecular weight excluding hydrogens is 266 g/mol. The smallest absolute Gasteiger partial charge is 0.232 e. The van der Waals surface area contributed by atoms with E-state index >= 15 is 0 Å². The maximum atomic E-state index is 11.5. The van der Waals surface area contributed by atoms with Gasteiger partial charge in [-0.1, -0.05) is 17.7 Å². The van der Waals surface area contributed by atoms with Gasteiger partial charge >= 0.3 is 0 Å². The summed E-state index contributed by atoms with van der Waals surface area (Å²) in [6, 6.07) is 4.51. The van der Waals surface area contributed by atoms with Gasteiger partial charge in [-0.2, -0.15) is 0 Å². The first-order valence-corrected chi connectivity index (χ1v) is 6.88. The summed E-state index contributed by atoms with van der Waals surface area (Å²) < 4.78 is 23.6. The standard InChI is InChI=1S/C10H12ClNO4S/c1-7-3-4-8(5-9(7)11)12(6-10(13)14)17(2,15)16/h3-5H,6H2,1-2H3,(H,13,14)/p-1. The van der Waals surface area contributed by atoms with Crippen LogP contribution in [0.1, 0.15) is 5.56 Å². The average molecular weight is 277 g/mol. The predicted molar refractivity (Wildman–Crippen MR) is 63.4 cm³/mol. The fraction of sp³-hybridized carbons (Fsp3) is 0.300. The fourth-order valence-corrected chi connectivity index (χ4v) is 2.27. The molecule has 5 nitrogen and oxygen atoms in total. The van der Waals surface area contributed by atoms with Gasteiger partial charge in [0.2, 0.25) is 10.0 Å². The van der Waals surface area contributed by atoms with Gasteiger partial charge in [0.1, 0.15) is 0 Å². The Morgan fingerprint density at radius 1 is 1.47 bits per heavy atom. The fourth-order valence-electron chi connectivity index (χ4n) is 1.25. The van der Waals surface area contributed by atoms with Crippen LogP contribution >= 0.6 is 11.6 Å². The summed E-state index contributed by atoms with van der Waals surface area (Å²) in [5, 5.41) is 10.9. The van der Waals surface area contributed by atoms with E-state index in [2.05, 4.69) is 0 Å². The van der Waals surface area contributed by atoms with Gasteiger partial charge in [0.15, 0.2) is 0 Å².